The van der Waals surface area contributed by atoms with Gasteiger partial charge in [-0.2, -0.15) is 0 Å². The van der Waals surface area contributed by atoms with Crippen LogP contribution in [0, 0.1) is 11.6 Å². The van der Waals surface area contributed by atoms with Gasteiger partial charge in [-0.25, -0.2) is 8.78 Å². The highest BCUT2D eigenvalue weighted by Gasteiger charge is 2.09. The van der Waals surface area contributed by atoms with Crippen LogP contribution in [0.2, 0.25) is 5.02 Å². The molecule has 0 unspecified atom stereocenters. The molecule has 2 aromatic rings. The van der Waals surface area contributed by atoms with E-state index in [1.807, 2.05) is 0 Å². The van der Waals surface area contributed by atoms with E-state index < -0.39 is 11.6 Å². The van der Waals surface area contributed by atoms with Gasteiger partial charge in [-0.05, 0) is 24.3 Å². The first-order valence-electron chi connectivity index (χ1n) is 5.08. The minimum absolute atomic E-state index is 0.0836. The van der Waals surface area contributed by atoms with Gasteiger partial charge in [0.25, 0.3) is 0 Å². The van der Waals surface area contributed by atoms with Crippen LogP contribution in [0.5, 0.6) is 5.75 Å². The van der Waals surface area contributed by atoms with Crippen molar-refractivity contribution >= 4 is 27.5 Å². The largest absolute Gasteiger partial charge is 0.487 e. The van der Waals surface area contributed by atoms with E-state index in [0.717, 1.165) is 10.5 Å². The Labute approximate surface area is 116 Å². The molecule has 0 aromatic heterocycles. The smallest absolute Gasteiger partial charge is 0.165 e. The maximum absolute atomic E-state index is 13.4. The van der Waals surface area contributed by atoms with Crippen LogP contribution < -0.4 is 4.74 Å². The standard InChI is InChI=1S/C13H8BrClF2O/c14-9-4-5-10(15)12(6-9)18-7-8-2-1-3-11(16)13(8)17/h1-6H,7H2. The van der Waals surface area contributed by atoms with Gasteiger partial charge in [-0.1, -0.05) is 39.7 Å². The quantitative estimate of drug-likeness (QED) is 0.771. The highest BCUT2D eigenvalue weighted by Crippen LogP contribution is 2.28. The van der Waals surface area contributed by atoms with Crippen molar-refractivity contribution in [1.29, 1.82) is 0 Å². The maximum atomic E-state index is 13.4. The van der Waals surface area contributed by atoms with Crippen LogP contribution in [0.25, 0.3) is 0 Å². The third-order valence-electron chi connectivity index (χ3n) is 2.31. The Hall–Kier alpha value is -1.13. The molecular weight excluding hydrogens is 325 g/mol. The van der Waals surface area contributed by atoms with Crippen LogP contribution in [0.4, 0.5) is 8.78 Å². The van der Waals surface area contributed by atoms with Crippen molar-refractivity contribution in [3.05, 3.63) is 63.1 Å². The van der Waals surface area contributed by atoms with Crippen molar-refractivity contribution in [3.63, 3.8) is 0 Å². The Balaban J connectivity index is 2.16. The molecule has 0 amide bonds. The lowest BCUT2D eigenvalue weighted by molar-refractivity contribution is 0.297. The van der Waals surface area contributed by atoms with Crippen LogP contribution in [-0.2, 0) is 6.61 Å². The van der Waals surface area contributed by atoms with E-state index in [-0.39, 0.29) is 12.2 Å². The summed E-state index contributed by atoms with van der Waals surface area (Å²) in [7, 11) is 0. The van der Waals surface area contributed by atoms with Crippen LogP contribution in [0.3, 0.4) is 0 Å². The molecule has 0 fully saturated rings. The third-order valence-corrected chi connectivity index (χ3v) is 3.11. The fraction of sp³-hybridized carbons (Fsp3) is 0.0769. The van der Waals surface area contributed by atoms with Crippen molar-refractivity contribution in [1.82, 2.24) is 0 Å². The van der Waals surface area contributed by atoms with E-state index in [1.165, 1.54) is 12.1 Å². The summed E-state index contributed by atoms with van der Waals surface area (Å²) >= 11 is 9.20. The van der Waals surface area contributed by atoms with Gasteiger partial charge >= 0.3 is 0 Å². The molecule has 0 N–H and O–H groups in total. The van der Waals surface area contributed by atoms with Crippen LogP contribution in [0.15, 0.2) is 40.9 Å². The second kappa shape index (κ2) is 5.67. The first-order chi connectivity index (χ1) is 8.58. The van der Waals surface area contributed by atoms with Gasteiger partial charge < -0.3 is 4.74 Å². The molecule has 0 aliphatic heterocycles. The topological polar surface area (TPSA) is 9.23 Å². The average Bonchev–Trinajstić information content (AvgIpc) is 2.35. The molecule has 2 aromatic carbocycles. The van der Waals surface area contributed by atoms with E-state index in [0.29, 0.717) is 10.8 Å². The Morgan fingerprint density at radius 1 is 1.17 bits per heavy atom. The number of rotatable bonds is 3. The minimum atomic E-state index is -0.899. The molecule has 0 atom stereocenters. The van der Waals surface area contributed by atoms with Crippen molar-refractivity contribution in [2.24, 2.45) is 0 Å². The van der Waals surface area contributed by atoms with E-state index in [2.05, 4.69) is 15.9 Å². The number of halogens is 4. The van der Waals surface area contributed by atoms with Gasteiger partial charge in [0.05, 0.1) is 5.02 Å². The molecule has 2 rings (SSSR count). The van der Waals surface area contributed by atoms with Crippen molar-refractivity contribution in [3.8, 4) is 5.75 Å². The molecule has 0 radical (unpaired) electrons. The zero-order valence-corrected chi connectivity index (χ0v) is 11.4. The van der Waals surface area contributed by atoms with Crippen LogP contribution >= 0.6 is 27.5 Å². The van der Waals surface area contributed by atoms with Gasteiger partial charge in [0.15, 0.2) is 11.6 Å². The van der Waals surface area contributed by atoms with E-state index in [4.69, 9.17) is 16.3 Å². The summed E-state index contributed by atoms with van der Waals surface area (Å²) in [6.45, 7) is -0.0836. The average molecular weight is 334 g/mol. The molecule has 1 nitrogen and oxygen atoms in total. The number of hydrogen-bond donors (Lipinski definition) is 0. The number of ether oxygens (including phenoxy) is 1. The summed E-state index contributed by atoms with van der Waals surface area (Å²) < 4.78 is 32.5. The van der Waals surface area contributed by atoms with E-state index in [1.54, 1.807) is 18.2 Å². The molecule has 0 aliphatic rings. The highest BCUT2D eigenvalue weighted by molar-refractivity contribution is 9.10. The summed E-state index contributed by atoms with van der Waals surface area (Å²) in [5, 5.41) is 0.412. The zero-order valence-electron chi connectivity index (χ0n) is 9.09. The molecule has 0 bridgehead atoms. The second-order valence-corrected chi connectivity index (χ2v) is 4.90. The van der Waals surface area contributed by atoms with E-state index >= 15 is 0 Å². The molecule has 0 spiro atoms. The molecule has 18 heavy (non-hydrogen) atoms. The Morgan fingerprint density at radius 2 is 1.94 bits per heavy atom. The summed E-state index contributed by atoms with van der Waals surface area (Å²) in [6.07, 6.45) is 0. The maximum Gasteiger partial charge on any atom is 0.165 e. The van der Waals surface area contributed by atoms with Gasteiger partial charge in [0, 0.05) is 10.0 Å². The second-order valence-electron chi connectivity index (χ2n) is 3.58. The Kier molecular flexibility index (Phi) is 4.19. The lowest BCUT2D eigenvalue weighted by atomic mass is 10.2. The summed E-state index contributed by atoms with van der Waals surface area (Å²) in [4.78, 5) is 0. The van der Waals surface area contributed by atoms with Crippen molar-refractivity contribution < 1.29 is 13.5 Å². The lowest BCUT2D eigenvalue weighted by Crippen LogP contribution is -2.00. The molecule has 0 heterocycles. The molecular formula is C13H8BrClF2O. The molecule has 0 saturated carbocycles. The fourth-order valence-corrected chi connectivity index (χ4v) is 1.92. The fourth-order valence-electron chi connectivity index (χ4n) is 1.40. The minimum Gasteiger partial charge on any atom is -0.487 e. The third kappa shape index (κ3) is 3.00. The van der Waals surface area contributed by atoms with Gasteiger partial charge in [0.1, 0.15) is 12.4 Å². The Morgan fingerprint density at radius 3 is 2.72 bits per heavy atom. The summed E-state index contributed by atoms with van der Waals surface area (Å²) in [5.74, 6) is -1.38. The van der Waals surface area contributed by atoms with Crippen LogP contribution in [-0.4, -0.2) is 0 Å². The zero-order chi connectivity index (χ0) is 13.1. The predicted octanol–water partition coefficient (Wildman–Crippen LogP) is 4.96. The molecule has 94 valence electrons. The number of benzene rings is 2. The summed E-state index contributed by atoms with van der Waals surface area (Å²) in [5.41, 5.74) is 0.144. The summed E-state index contributed by atoms with van der Waals surface area (Å²) in [6, 6.07) is 9.04. The number of hydrogen-bond acceptors (Lipinski definition) is 1. The van der Waals surface area contributed by atoms with Gasteiger partial charge in [-0.3, -0.25) is 0 Å². The Bertz CT molecular complexity index is 573. The van der Waals surface area contributed by atoms with Gasteiger partial charge in [-0.15, -0.1) is 0 Å². The SMILES string of the molecule is Fc1cccc(COc2cc(Br)ccc2Cl)c1F. The lowest BCUT2D eigenvalue weighted by Gasteiger charge is -2.09. The normalized spacial score (nSPS) is 10.4. The van der Waals surface area contributed by atoms with Crippen molar-refractivity contribution in [2.45, 2.75) is 6.61 Å². The monoisotopic (exact) mass is 332 g/mol. The van der Waals surface area contributed by atoms with E-state index in [9.17, 15) is 8.78 Å². The van der Waals surface area contributed by atoms with Crippen LogP contribution in [0.1, 0.15) is 5.56 Å². The first kappa shape index (κ1) is 13.3. The molecule has 0 saturated heterocycles. The predicted molar refractivity (Wildman–Crippen MR) is 69.8 cm³/mol. The first-order valence-corrected chi connectivity index (χ1v) is 6.26. The molecule has 5 heteroatoms. The van der Waals surface area contributed by atoms with Gasteiger partial charge in [0.2, 0.25) is 0 Å². The molecule has 0 aliphatic carbocycles. The van der Waals surface area contributed by atoms with Crippen molar-refractivity contribution in [2.75, 3.05) is 0 Å². The highest BCUT2D eigenvalue weighted by atomic mass is 79.9.